The monoisotopic (exact) mass is 377 g/mol. The Morgan fingerprint density at radius 3 is 2.46 bits per heavy atom. The number of para-hydroxylation sites is 1. The molecule has 2 aromatic carbocycles. The smallest absolute Gasteiger partial charge is 0.165 e. The molecule has 0 saturated heterocycles. The fraction of sp³-hybridized carbons (Fsp3) is 0.360. The van der Waals surface area contributed by atoms with Crippen LogP contribution in [0.15, 0.2) is 60.7 Å². The Hall–Kier alpha value is -2.70. The first-order valence-electron chi connectivity index (χ1n) is 9.58. The number of allylic oxidation sites excluding steroid dienone is 1. The number of likely N-dealkylation sites (N-methyl/N-ethyl adjacent to an activating group) is 1. The average molecular weight is 378 g/mol. The molecule has 0 N–H and O–H groups in total. The number of rotatable bonds is 8. The lowest BCUT2D eigenvalue weighted by Gasteiger charge is -2.19. The Morgan fingerprint density at radius 1 is 1.04 bits per heavy atom. The number of ether oxygens (including phenoxy) is 2. The molecule has 0 spiro atoms. The van der Waals surface area contributed by atoms with Crippen LogP contribution >= 0.6 is 0 Å². The molecular weight excluding hydrogens is 346 g/mol. The third-order valence-corrected chi connectivity index (χ3v) is 4.01. The summed E-state index contributed by atoms with van der Waals surface area (Å²) in [6, 6.07) is 16.2. The van der Waals surface area contributed by atoms with Crippen molar-refractivity contribution in [2.45, 2.75) is 33.9 Å². The zero-order valence-electron chi connectivity index (χ0n) is 17.7. The molecule has 0 fully saturated rings. The average Bonchev–Trinajstić information content (AvgIpc) is 2.66. The summed E-state index contributed by atoms with van der Waals surface area (Å²) in [6.45, 7) is 8.43. The van der Waals surface area contributed by atoms with Gasteiger partial charge in [0.25, 0.3) is 0 Å². The van der Waals surface area contributed by atoms with Crippen LogP contribution in [0.1, 0.15) is 31.9 Å². The Labute approximate surface area is 170 Å². The molecule has 148 valence electrons. The van der Waals surface area contributed by atoms with Crippen molar-refractivity contribution < 1.29 is 9.47 Å². The highest BCUT2D eigenvalue weighted by molar-refractivity contribution is 5.46. The molecule has 0 aliphatic rings. The second-order valence-electron chi connectivity index (χ2n) is 7.84. The zero-order chi connectivity index (χ0) is 20.4. The highest BCUT2D eigenvalue weighted by atomic mass is 16.5. The zero-order valence-corrected chi connectivity index (χ0v) is 17.7. The van der Waals surface area contributed by atoms with Crippen molar-refractivity contribution in [2.75, 3.05) is 20.7 Å². The van der Waals surface area contributed by atoms with E-state index in [9.17, 15) is 0 Å². The first-order chi connectivity index (χ1) is 13.4. The normalized spacial score (nSPS) is 11.4. The van der Waals surface area contributed by atoms with Gasteiger partial charge in [-0.15, -0.1) is 0 Å². The molecule has 0 radical (unpaired) electrons. The highest BCUT2D eigenvalue weighted by Crippen LogP contribution is 2.32. The second kappa shape index (κ2) is 10.6. The molecule has 0 bridgehead atoms. The van der Waals surface area contributed by atoms with Gasteiger partial charge in [-0.2, -0.15) is 0 Å². The van der Waals surface area contributed by atoms with E-state index in [1.165, 1.54) is 0 Å². The van der Waals surface area contributed by atoms with Gasteiger partial charge in [0.05, 0.1) is 7.11 Å². The van der Waals surface area contributed by atoms with Crippen LogP contribution in [0, 0.1) is 17.3 Å². The Morgan fingerprint density at radius 2 is 1.79 bits per heavy atom. The van der Waals surface area contributed by atoms with Crippen LogP contribution in [-0.2, 0) is 13.2 Å². The van der Waals surface area contributed by atoms with Gasteiger partial charge in [-0.25, -0.2) is 0 Å². The van der Waals surface area contributed by atoms with Crippen molar-refractivity contribution in [2.24, 2.45) is 5.41 Å². The van der Waals surface area contributed by atoms with Crippen molar-refractivity contribution in [3.8, 4) is 23.3 Å². The van der Waals surface area contributed by atoms with Crippen molar-refractivity contribution in [3.63, 3.8) is 0 Å². The minimum atomic E-state index is 0.0315. The van der Waals surface area contributed by atoms with E-state index in [-0.39, 0.29) is 5.41 Å². The molecule has 0 atom stereocenters. The van der Waals surface area contributed by atoms with Crippen molar-refractivity contribution >= 4 is 0 Å². The van der Waals surface area contributed by atoms with Crippen LogP contribution in [0.5, 0.6) is 11.5 Å². The third kappa shape index (κ3) is 7.50. The Balaban J connectivity index is 1.98. The highest BCUT2D eigenvalue weighted by Gasteiger charge is 2.12. The molecule has 0 amide bonds. The lowest BCUT2D eigenvalue weighted by Crippen LogP contribution is -2.18. The van der Waals surface area contributed by atoms with E-state index in [4.69, 9.17) is 9.47 Å². The van der Waals surface area contributed by atoms with Crippen molar-refractivity contribution in [1.29, 1.82) is 0 Å². The van der Waals surface area contributed by atoms with Gasteiger partial charge in [-0.3, -0.25) is 4.90 Å². The molecule has 28 heavy (non-hydrogen) atoms. The second-order valence-corrected chi connectivity index (χ2v) is 7.84. The third-order valence-electron chi connectivity index (χ3n) is 4.01. The molecule has 3 nitrogen and oxygen atoms in total. The van der Waals surface area contributed by atoms with Gasteiger partial charge < -0.3 is 9.47 Å². The summed E-state index contributed by atoms with van der Waals surface area (Å²) in [5.41, 5.74) is 2.27. The van der Waals surface area contributed by atoms with Gasteiger partial charge in [0, 0.05) is 24.1 Å². The lowest BCUT2D eigenvalue weighted by molar-refractivity contribution is 0.279. The SMILES string of the molecule is COc1c(CN(C)CC=CC#CC(C)(C)C)cccc1OCc1ccccc1. The predicted octanol–water partition coefficient (Wildman–Crippen LogP) is 5.31. The van der Waals surface area contributed by atoms with Crippen LogP contribution in [-0.4, -0.2) is 25.6 Å². The van der Waals surface area contributed by atoms with Crippen molar-refractivity contribution in [3.05, 3.63) is 71.8 Å². The van der Waals surface area contributed by atoms with Gasteiger partial charge in [0.1, 0.15) is 6.61 Å². The van der Waals surface area contributed by atoms with Crippen LogP contribution in [0.2, 0.25) is 0 Å². The Kier molecular flexibility index (Phi) is 8.17. The van der Waals surface area contributed by atoms with E-state index in [1.54, 1.807) is 7.11 Å². The first-order valence-corrected chi connectivity index (χ1v) is 9.58. The minimum Gasteiger partial charge on any atom is -0.493 e. The minimum absolute atomic E-state index is 0.0315. The summed E-state index contributed by atoms with van der Waals surface area (Å²) < 4.78 is 11.7. The number of hydrogen-bond donors (Lipinski definition) is 0. The standard InChI is InChI=1S/C25H31NO2/c1-25(2,3)17-10-7-11-18-26(4)19-22-15-12-16-23(24(22)27-5)28-20-21-13-8-6-9-14-21/h6-9,11-16H,18-20H2,1-5H3. The fourth-order valence-electron chi connectivity index (χ4n) is 2.67. The topological polar surface area (TPSA) is 21.7 Å². The summed E-state index contributed by atoms with van der Waals surface area (Å²) in [4.78, 5) is 2.22. The summed E-state index contributed by atoms with van der Waals surface area (Å²) in [6.07, 6.45) is 4.01. The van der Waals surface area contributed by atoms with E-state index < -0.39 is 0 Å². The molecule has 2 rings (SSSR count). The van der Waals surface area contributed by atoms with Gasteiger partial charge in [-0.1, -0.05) is 60.4 Å². The summed E-state index contributed by atoms with van der Waals surface area (Å²) in [5, 5.41) is 0. The summed E-state index contributed by atoms with van der Waals surface area (Å²) in [7, 11) is 3.77. The molecule has 0 saturated carbocycles. The van der Waals surface area contributed by atoms with Crippen LogP contribution < -0.4 is 9.47 Å². The maximum Gasteiger partial charge on any atom is 0.165 e. The van der Waals surface area contributed by atoms with Crippen LogP contribution in [0.25, 0.3) is 0 Å². The molecule has 0 aromatic heterocycles. The Bertz CT molecular complexity index is 823. The maximum atomic E-state index is 6.01. The van der Waals surface area contributed by atoms with Gasteiger partial charge in [0.15, 0.2) is 11.5 Å². The lowest BCUT2D eigenvalue weighted by atomic mass is 9.98. The molecule has 3 heteroatoms. The van der Waals surface area contributed by atoms with E-state index in [0.29, 0.717) is 6.61 Å². The van der Waals surface area contributed by atoms with E-state index in [1.807, 2.05) is 36.4 Å². The van der Waals surface area contributed by atoms with Gasteiger partial charge in [0.2, 0.25) is 0 Å². The molecule has 2 aromatic rings. The number of benzene rings is 2. The predicted molar refractivity (Wildman–Crippen MR) is 116 cm³/mol. The molecule has 0 aliphatic carbocycles. The van der Waals surface area contributed by atoms with Gasteiger partial charge >= 0.3 is 0 Å². The van der Waals surface area contributed by atoms with Crippen molar-refractivity contribution in [1.82, 2.24) is 4.90 Å². The van der Waals surface area contributed by atoms with Crippen LogP contribution in [0.3, 0.4) is 0 Å². The van der Waals surface area contributed by atoms with E-state index in [2.05, 4.69) is 68.8 Å². The molecule has 0 heterocycles. The van der Waals surface area contributed by atoms with Gasteiger partial charge in [-0.05, 0) is 45.5 Å². The maximum absolute atomic E-state index is 6.01. The van der Waals surface area contributed by atoms with Crippen LogP contribution in [0.4, 0.5) is 0 Å². The number of hydrogen-bond acceptors (Lipinski definition) is 3. The van der Waals surface area contributed by atoms with E-state index in [0.717, 1.165) is 35.7 Å². The number of methoxy groups -OCH3 is 1. The largest absolute Gasteiger partial charge is 0.493 e. The first kappa shape index (κ1) is 21.6. The molecule has 0 aliphatic heterocycles. The molecular formula is C25H31NO2. The fourth-order valence-corrected chi connectivity index (χ4v) is 2.67. The van der Waals surface area contributed by atoms with E-state index >= 15 is 0 Å². The molecule has 0 unspecified atom stereocenters. The number of nitrogens with zero attached hydrogens (tertiary/aromatic N) is 1. The summed E-state index contributed by atoms with van der Waals surface area (Å²) >= 11 is 0. The quantitative estimate of drug-likeness (QED) is 0.582. The summed E-state index contributed by atoms with van der Waals surface area (Å²) in [5.74, 6) is 7.87.